The Bertz CT molecular complexity index is 1060. The molecule has 0 radical (unpaired) electrons. The average molecular weight is 472 g/mol. The fourth-order valence-electron chi connectivity index (χ4n) is 4.51. The smallest absolute Gasteiger partial charge is 0.272 e. The zero-order chi connectivity index (χ0) is 23.6. The number of nitrogens with one attached hydrogen (secondary N) is 2. The minimum atomic E-state index is -1.09. The molecule has 3 amide bonds. The van der Waals surface area contributed by atoms with Crippen LogP contribution in [0.25, 0.3) is 0 Å². The molecule has 1 aromatic heterocycles. The van der Waals surface area contributed by atoms with E-state index in [2.05, 4.69) is 15.7 Å². The van der Waals surface area contributed by atoms with Crippen LogP contribution in [0.15, 0.2) is 30.3 Å². The lowest BCUT2D eigenvalue weighted by Crippen LogP contribution is -2.63. The van der Waals surface area contributed by atoms with Crippen molar-refractivity contribution in [1.29, 1.82) is 0 Å². The second kappa shape index (κ2) is 9.55. The highest BCUT2D eigenvalue weighted by Crippen LogP contribution is 2.27. The lowest BCUT2D eigenvalue weighted by Gasteiger charge is -2.41. The van der Waals surface area contributed by atoms with Gasteiger partial charge in [0.05, 0.1) is 6.54 Å². The number of carbonyl (C=O) groups excluding carboxylic acids is 3. The van der Waals surface area contributed by atoms with Gasteiger partial charge in [0.25, 0.3) is 11.8 Å². The van der Waals surface area contributed by atoms with Crippen molar-refractivity contribution in [1.82, 2.24) is 25.3 Å². The number of amides is 3. The van der Waals surface area contributed by atoms with E-state index in [1.54, 1.807) is 20.0 Å². The topological polar surface area (TPSA) is 96.3 Å². The number of aromatic nitrogens is 2. The van der Waals surface area contributed by atoms with Crippen LogP contribution in [0.2, 0.25) is 5.02 Å². The molecule has 1 aliphatic carbocycles. The molecule has 0 saturated heterocycles. The first kappa shape index (κ1) is 23.3. The van der Waals surface area contributed by atoms with Gasteiger partial charge in [-0.1, -0.05) is 55.5 Å². The van der Waals surface area contributed by atoms with Crippen LogP contribution in [-0.2, 0) is 17.9 Å². The van der Waals surface area contributed by atoms with Crippen LogP contribution in [0, 0.1) is 0 Å². The van der Waals surface area contributed by atoms with Crippen molar-refractivity contribution < 1.29 is 14.4 Å². The van der Waals surface area contributed by atoms with E-state index >= 15 is 0 Å². The van der Waals surface area contributed by atoms with Crippen molar-refractivity contribution >= 4 is 29.3 Å². The van der Waals surface area contributed by atoms with E-state index < -0.39 is 11.4 Å². The zero-order valence-electron chi connectivity index (χ0n) is 19.1. The molecular weight excluding hydrogens is 442 g/mol. The summed E-state index contributed by atoms with van der Waals surface area (Å²) in [5, 5.41) is 10.9. The summed E-state index contributed by atoms with van der Waals surface area (Å²) in [6.07, 6.45) is 6.52. The number of halogens is 1. The van der Waals surface area contributed by atoms with E-state index in [0.717, 1.165) is 31.2 Å². The van der Waals surface area contributed by atoms with Crippen LogP contribution in [-0.4, -0.2) is 51.0 Å². The maximum atomic E-state index is 13.3. The van der Waals surface area contributed by atoms with E-state index in [4.69, 9.17) is 11.6 Å². The van der Waals surface area contributed by atoms with Crippen molar-refractivity contribution in [3.63, 3.8) is 0 Å². The van der Waals surface area contributed by atoms with Crippen molar-refractivity contribution in [2.75, 3.05) is 7.05 Å². The summed E-state index contributed by atoms with van der Waals surface area (Å²) >= 11 is 6.15. The van der Waals surface area contributed by atoms with Crippen LogP contribution in [0.3, 0.4) is 0 Å². The van der Waals surface area contributed by atoms with E-state index in [-0.39, 0.29) is 36.6 Å². The SMILES string of the molecule is CN1C(=O)c2cc(C(=O)NCc3ccccc3Cl)nn2C[C@]1(C)C(=O)NC1CCCCCC1. The number of likely N-dealkylation sites (N-methyl/N-ethyl adjacent to an activating group) is 1. The number of nitrogens with zero attached hydrogens (tertiary/aromatic N) is 3. The first-order valence-electron chi connectivity index (χ1n) is 11.5. The first-order chi connectivity index (χ1) is 15.8. The molecular formula is C24H30ClN5O3. The average Bonchev–Trinajstić information content (AvgIpc) is 3.05. The molecule has 9 heteroatoms. The van der Waals surface area contributed by atoms with Gasteiger partial charge >= 0.3 is 0 Å². The van der Waals surface area contributed by atoms with Gasteiger partial charge in [-0.15, -0.1) is 0 Å². The molecule has 1 atom stereocenters. The predicted octanol–water partition coefficient (Wildman–Crippen LogP) is 3.15. The standard InChI is InChI=1S/C24H30ClN5O3/c1-24(23(33)27-17-10-5-3-4-6-11-17)15-30-20(22(32)29(24)2)13-19(28-30)21(31)26-14-16-9-7-8-12-18(16)25/h7-9,12-13,17H,3-6,10-11,14-15H2,1-2H3,(H,26,31)(H,27,33)/t24-/m1/s1. The number of rotatable bonds is 5. The van der Waals surface area contributed by atoms with Crippen molar-refractivity contribution in [3.8, 4) is 0 Å². The molecule has 8 nitrogen and oxygen atoms in total. The molecule has 0 spiro atoms. The quantitative estimate of drug-likeness (QED) is 0.655. The third-order valence-electron chi connectivity index (χ3n) is 6.81. The number of fused-ring (bicyclic) bond motifs is 1. The third-order valence-corrected chi connectivity index (χ3v) is 7.18. The van der Waals surface area contributed by atoms with Crippen LogP contribution in [0.1, 0.15) is 72.0 Å². The molecule has 33 heavy (non-hydrogen) atoms. The Kier molecular flexibility index (Phi) is 6.74. The van der Waals surface area contributed by atoms with Gasteiger partial charge in [0.1, 0.15) is 11.2 Å². The molecule has 1 fully saturated rings. The Morgan fingerprint density at radius 1 is 1.18 bits per heavy atom. The van der Waals surface area contributed by atoms with Crippen LogP contribution >= 0.6 is 11.6 Å². The third kappa shape index (κ3) is 4.76. The normalized spacial score (nSPS) is 21.3. The zero-order valence-corrected chi connectivity index (χ0v) is 19.8. The molecule has 1 aromatic carbocycles. The van der Waals surface area contributed by atoms with Crippen LogP contribution in [0.5, 0.6) is 0 Å². The van der Waals surface area contributed by atoms with Gasteiger partial charge in [-0.05, 0) is 31.4 Å². The number of hydrogen-bond donors (Lipinski definition) is 2. The molecule has 2 N–H and O–H groups in total. The minimum absolute atomic E-state index is 0.130. The fourth-order valence-corrected chi connectivity index (χ4v) is 4.71. The Balaban J connectivity index is 1.48. The Morgan fingerprint density at radius 2 is 1.88 bits per heavy atom. The molecule has 2 aliphatic rings. The van der Waals surface area contributed by atoms with Crippen molar-refractivity contribution in [3.05, 3.63) is 52.3 Å². The highest BCUT2D eigenvalue weighted by atomic mass is 35.5. The van der Waals surface area contributed by atoms with E-state index in [9.17, 15) is 14.4 Å². The lowest BCUT2D eigenvalue weighted by molar-refractivity contribution is -0.133. The predicted molar refractivity (Wildman–Crippen MR) is 125 cm³/mol. The molecule has 0 unspecified atom stereocenters. The van der Waals surface area contributed by atoms with Gasteiger partial charge in [-0.2, -0.15) is 5.10 Å². The summed E-state index contributed by atoms with van der Waals surface area (Å²) in [6, 6.07) is 8.86. The number of hydrogen-bond acceptors (Lipinski definition) is 4. The van der Waals surface area contributed by atoms with E-state index in [0.29, 0.717) is 10.7 Å². The molecule has 4 rings (SSSR count). The summed E-state index contributed by atoms with van der Waals surface area (Å²) in [5.41, 5.74) is 0.121. The van der Waals surface area contributed by atoms with Crippen LogP contribution in [0.4, 0.5) is 0 Å². The second-order valence-corrected chi connectivity index (χ2v) is 9.55. The largest absolute Gasteiger partial charge is 0.351 e. The second-order valence-electron chi connectivity index (χ2n) is 9.15. The summed E-state index contributed by atoms with van der Waals surface area (Å²) in [7, 11) is 1.63. The molecule has 0 bridgehead atoms. The highest BCUT2D eigenvalue weighted by molar-refractivity contribution is 6.31. The maximum absolute atomic E-state index is 13.3. The Morgan fingerprint density at radius 3 is 2.58 bits per heavy atom. The van der Waals surface area contributed by atoms with Crippen LogP contribution < -0.4 is 10.6 Å². The van der Waals surface area contributed by atoms with E-state index in [1.165, 1.54) is 28.5 Å². The summed E-state index contributed by atoms with van der Waals surface area (Å²) in [5.74, 6) is -0.926. The number of carbonyl (C=O) groups is 3. The molecule has 1 saturated carbocycles. The van der Waals surface area contributed by atoms with Gasteiger partial charge in [0.2, 0.25) is 5.91 Å². The molecule has 2 heterocycles. The highest BCUT2D eigenvalue weighted by Gasteiger charge is 2.46. The van der Waals surface area contributed by atoms with E-state index in [1.807, 2.05) is 18.2 Å². The van der Waals surface area contributed by atoms with Crippen molar-refractivity contribution in [2.24, 2.45) is 0 Å². The van der Waals surface area contributed by atoms with Crippen molar-refractivity contribution in [2.45, 2.75) is 70.1 Å². The first-order valence-corrected chi connectivity index (χ1v) is 11.9. The maximum Gasteiger partial charge on any atom is 0.272 e. The summed E-state index contributed by atoms with van der Waals surface area (Å²) < 4.78 is 1.47. The molecule has 2 aromatic rings. The van der Waals surface area contributed by atoms with Gasteiger partial charge in [-0.3, -0.25) is 19.1 Å². The number of benzene rings is 1. The monoisotopic (exact) mass is 471 g/mol. The fraction of sp³-hybridized carbons (Fsp3) is 0.500. The van der Waals surface area contributed by atoms with Gasteiger partial charge in [0.15, 0.2) is 5.69 Å². The van der Waals surface area contributed by atoms with Gasteiger partial charge in [-0.25, -0.2) is 0 Å². The minimum Gasteiger partial charge on any atom is -0.351 e. The van der Waals surface area contributed by atoms with Gasteiger partial charge in [0, 0.05) is 30.7 Å². The Hall–Kier alpha value is -2.87. The summed E-state index contributed by atoms with van der Waals surface area (Å²) in [6.45, 7) is 2.18. The van der Waals surface area contributed by atoms with Gasteiger partial charge < -0.3 is 15.5 Å². The summed E-state index contributed by atoms with van der Waals surface area (Å²) in [4.78, 5) is 40.5. The molecule has 176 valence electrons. The molecule has 1 aliphatic heterocycles. The Labute approximate surface area is 198 Å². The lowest BCUT2D eigenvalue weighted by atomic mass is 9.95.